The average Bonchev–Trinajstić information content (AvgIpc) is 3.31. The number of benzene rings is 2. The predicted octanol–water partition coefficient (Wildman–Crippen LogP) is 2.84. The Balaban J connectivity index is 1.73. The summed E-state index contributed by atoms with van der Waals surface area (Å²) in [7, 11) is 4.65. The van der Waals surface area contributed by atoms with E-state index < -0.39 is 29.7 Å². The molecule has 2 aromatic rings. The molecule has 0 aromatic heterocycles. The molecule has 1 unspecified atom stereocenters. The highest BCUT2D eigenvalue weighted by Gasteiger charge is 2.46. The quantitative estimate of drug-likeness (QED) is 0.359. The fourth-order valence-electron chi connectivity index (χ4n) is 5.89. The molecule has 220 valence electrons. The van der Waals surface area contributed by atoms with Crippen LogP contribution in [0.4, 0.5) is 4.39 Å². The van der Waals surface area contributed by atoms with Crippen LogP contribution in [0, 0.1) is 11.7 Å². The van der Waals surface area contributed by atoms with Gasteiger partial charge in [0.1, 0.15) is 29.0 Å². The Bertz CT molecular complexity index is 1130. The van der Waals surface area contributed by atoms with Gasteiger partial charge in [0.05, 0.1) is 33.5 Å². The number of hydrogen-bond acceptors (Lipinski definition) is 8. The first kappa shape index (κ1) is 30.2. The van der Waals surface area contributed by atoms with Crippen molar-refractivity contribution in [1.29, 1.82) is 0 Å². The number of hydrogen-bond donors (Lipinski definition) is 3. The smallest absolute Gasteiger partial charge is 0.226 e. The highest BCUT2D eigenvalue weighted by Crippen LogP contribution is 2.43. The minimum absolute atomic E-state index is 0.112. The van der Waals surface area contributed by atoms with E-state index in [0.29, 0.717) is 61.5 Å². The summed E-state index contributed by atoms with van der Waals surface area (Å²) in [6.07, 6.45) is 0.722. The number of nitrogens with zero attached hydrogens (tertiary/aromatic N) is 1. The maximum Gasteiger partial charge on any atom is 0.226 e. The SMILES string of the molecule is COCCCC[C@@](O)(c1cccc(F)c1-c1cc(OC)cc(OC)c1)C1CN(C(=O)[C@H]2C[C@@H](N)[C@@H](O)C2)CCO1. The molecule has 2 aliphatic rings. The van der Waals surface area contributed by atoms with Gasteiger partial charge in [0.15, 0.2) is 0 Å². The molecule has 10 heteroatoms. The van der Waals surface area contributed by atoms with Crippen LogP contribution in [-0.2, 0) is 19.9 Å². The predicted molar refractivity (Wildman–Crippen MR) is 148 cm³/mol. The molecule has 9 nitrogen and oxygen atoms in total. The van der Waals surface area contributed by atoms with Crippen molar-refractivity contribution in [2.75, 3.05) is 47.6 Å². The summed E-state index contributed by atoms with van der Waals surface area (Å²) in [6, 6.07) is 9.28. The lowest BCUT2D eigenvalue weighted by molar-refractivity contribution is -0.167. The molecule has 5 atom stereocenters. The second-order valence-corrected chi connectivity index (χ2v) is 10.7. The summed E-state index contributed by atoms with van der Waals surface area (Å²) in [5.41, 5.74) is 5.39. The van der Waals surface area contributed by atoms with Crippen molar-refractivity contribution in [3.8, 4) is 22.6 Å². The van der Waals surface area contributed by atoms with E-state index in [9.17, 15) is 15.0 Å². The van der Waals surface area contributed by atoms with Crippen molar-refractivity contribution in [2.24, 2.45) is 11.7 Å². The number of rotatable bonds is 11. The van der Waals surface area contributed by atoms with Gasteiger partial charge in [-0.25, -0.2) is 4.39 Å². The maximum absolute atomic E-state index is 15.7. The Kier molecular flexibility index (Phi) is 10.0. The van der Waals surface area contributed by atoms with Crippen LogP contribution in [0.5, 0.6) is 11.5 Å². The number of amides is 1. The molecule has 2 aromatic carbocycles. The second kappa shape index (κ2) is 13.3. The van der Waals surface area contributed by atoms with Crippen molar-refractivity contribution in [3.05, 3.63) is 47.8 Å². The van der Waals surface area contributed by atoms with E-state index >= 15 is 4.39 Å². The molecular formula is C30H41FN2O7. The van der Waals surface area contributed by atoms with Crippen LogP contribution in [0.3, 0.4) is 0 Å². The first-order valence-corrected chi connectivity index (χ1v) is 13.8. The number of ether oxygens (including phenoxy) is 4. The van der Waals surface area contributed by atoms with Crippen LogP contribution in [0.25, 0.3) is 11.1 Å². The van der Waals surface area contributed by atoms with Crippen molar-refractivity contribution in [1.82, 2.24) is 4.90 Å². The fraction of sp³-hybridized carbons (Fsp3) is 0.567. The molecule has 4 N–H and O–H groups in total. The monoisotopic (exact) mass is 560 g/mol. The van der Waals surface area contributed by atoms with Gasteiger partial charge in [-0.2, -0.15) is 0 Å². The van der Waals surface area contributed by atoms with Crippen LogP contribution < -0.4 is 15.2 Å². The third-order valence-electron chi connectivity index (χ3n) is 8.11. The van der Waals surface area contributed by atoms with Gasteiger partial charge in [-0.1, -0.05) is 12.1 Å². The number of nitrogens with two attached hydrogens (primary N) is 1. The van der Waals surface area contributed by atoms with E-state index in [-0.39, 0.29) is 37.0 Å². The number of carbonyl (C=O) groups excluding carboxylic acids is 1. The van der Waals surface area contributed by atoms with Gasteiger partial charge >= 0.3 is 0 Å². The van der Waals surface area contributed by atoms with E-state index in [1.165, 1.54) is 20.3 Å². The van der Waals surface area contributed by atoms with Gasteiger partial charge in [-0.15, -0.1) is 0 Å². The van der Waals surface area contributed by atoms with Crippen LogP contribution in [-0.4, -0.2) is 86.9 Å². The molecule has 1 amide bonds. The molecule has 0 bridgehead atoms. The molecule has 4 rings (SSSR count). The molecule has 1 aliphatic carbocycles. The Morgan fingerprint density at radius 2 is 1.88 bits per heavy atom. The Morgan fingerprint density at radius 1 is 1.15 bits per heavy atom. The van der Waals surface area contributed by atoms with E-state index in [0.717, 1.165) is 0 Å². The normalized spacial score (nSPS) is 24.5. The molecular weight excluding hydrogens is 519 g/mol. The van der Waals surface area contributed by atoms with Crippen LogP contribution in [0.15, 0.2) is 36.4 Å². The third kappa shape index (κ3) is 6.42. The van der Waals surface area contributed by atoms with Gasteiger partial charge in [0, 0.05) is 43.9 Å². The minimum Gasteiger partial charge on any atom is -0.497 e. The van der Waals surface area contributed by atoms with E-state index in [1.807, 2.05) is 0 Å². The Hall–Kier alpha value is -2.76. The van der Waals surface area contributed by atoms with Crippen molar-refractivity contribution in [3.63, 3.8) is 0 Å². The van der Waals surface area contributed by atoms with Crippen molar-refractivity contribution >= 4 is 5.91 Å². The molecule has 1 aliphatic heterocycles. The molecule has 1 saturated carbocycles. The van der Waals surface area contributed by atoms with Crippen LogP contribution in [0.2, 0.25) is 0 Å². The highest BCUT2D eigenvalue weighted by molar-refractivity contribution is 5.79. The van der Waals surface area contributed by atoms with E-state index in [1.54, 1.807) is 42.3 Å². The van der Waals surface area contributed by atoms with Crippen LogP contribution in [0.1, 0.15) is 37.7 Å². The summed E-state index contributed by atoms with van der Waals surface area (Å²) in [5, 5.41) is 22.6. The number of methoxy groups -OCH3 is 3. The lowest BCUT2D eigenvalue weighted by Gasteiger charge is -2.43. The zero-order valence-electron chi connectivity index (χ0n) is 23.5. The zero-order chi connectivity index (χ0) is 28.9. The summed E-state index contributed by atoms with van der Waals surface area (Å²) in [6.45, 7) is 1.22. The highest BCUT2D eigenvalue weighted by atomic mass is 19.1. The molecule has 1 saturated heterocycles. The summed E-state index contributed by atoms with van der Waals surface area (Å²) >= 11 is 0. The number of aliphatic hydroxyl groups excluding tert-OH is 1. The first-order chi connectivity index (χ1) is 19.2. The first-order valence-electron chi connectivity index (χ1n) is 13.8. The summed E-state index contributed by atoms with van der Waals surface area (Å²) in [4.78, 5) is 15.1. The topological polar surface area (TPSA) is 124 Å². The number of morpholine rings is 1. The fourth-order valence-corrected chi connectivity index (χ4v) is 5.89. The number of carbonyl (C=O) groups is 1. The average molecular weight is 561 g/mol. The van der Waals surface area contributed by atoms with Gasteiger partial charge in [0.2, 0.25) is 5.91 Å². The molecule has 1 heterocycles. The summed E-state index contributed by atoms with van der Waals surface area (Å²) in [5.74, 6) is -0.0444. The van der Waals surface area contributed by atoms with Crippen molar-refractivity contribution in [2.45, 2.75) is 56.0 Å². The standard InChI is InChI=1S/C30H41FN2O7/c1-37-11-5-4-9-30(36,27-18-33(10-12-40-27)29(35)20-15-25(32)26(34)16-20)23-7-6-8-24(31)28(23)19-13-21(38-2)17-22(14-19)39-3/h6-8,13-14,17,20,25-27,34,36H,4-5,9-12,15-16,18,32H2,1-3H3/t20-,25+,26-,27?,30+/m0/s1. The Labute approximate surface area is 235 Å². The maximum atomic E-state index is 15.7. The molecule has 40 heavy (non-hydrogen) atoms. The van der Waals surface area contributed by atoms with Crippen molar-refractivity contribution < 1.29 is 38.3 Å². The minimum atomic E-state index is -1.63. The molecule has 0 radical (unpaired) electrons. The van der Waals surface area contributed by atoms with Gasteiger partial charge < -0.3 is 39.8 Å². The largest absolute Gasteiger partial charge is 0.497 e. The van der Waals surface area contributed by atoms with E-state index in [4.69, 9.17) is 24.7 Å². The van der Waals surface area contributed by atoms with Gasteiger partial charge in [0.25, 0.3) is 0 Å². The zero-order valence-corrected chi connectivity index (χ0v) is 23.5. The molecule has 2 fully saturated rings. The van der Waals surface area contributed by atoms with Gasteiger partial charge in [-0.05, 0) is 61.4 Å². The summed E-state index contributed by atoms with van der Waals surface area (Å²) < 4.78 is 37.9. The van der Waals surface area contributed by atoms with Gasteiger partial charge in [-0.3, -0.25) is 4.79 Å². The molecule has 0 spiro atoms. The third-order valence-corrected chi connectivity index (χ3v) is 8.11. The lowest BCUT2D eigenvalue weighted by Crippen LogP contribution is -2.55. The number of halogens is 1. The lowest BCUT2D eigenvalue weighted by atomic mass is 9.78. The van der Waals surface area contributed by atoms with E-state index in [2.05, 4.69) is 0 Å². The Morgan fingerprint density at radius 3 is 2.50 bits per heavy atom. The number of aliphatic hydroxyl groups is 2. The van der Waals surface area contributed by atoms with Crippen LogP contribution >= 0.6 is 0 Å². The second-order valence-electron chi connectivity index (χ2n) is 10.7. The number of unbranched alkanes of at least 4 members (excludes halogenated alkanes) is 1.